The summed E-state index contributed by atoms with van der Waals surface area (Å²) in [6.07, 6.45) is 7.49. The normalized spacial score (nSPS) is 16.9. The molecule has 1 aromatic heterocycles. The minimum atomic E-state index is -0.412. The van der Waals surface area contributed by atoms with Gasteiger partial charge < -0.3 is 15.5 Å². The van der Waals surface area contributed by atoms with Crippen molar-refractivity contribution in [2.24, 2.45) is 11.7 Å². The molecule has 0 spiro atoms. The molecule has 1 aliphatic rings. The second-order valence-corrected chi connectivity index (χ2v) is 6.63. The predicted octanol–water partition coefficient (Wildman–Crippen LogP) is 2.56. The van der Waals surface area contributed by atoms with Crippen LogP contribution in [0.15, 0.2) is 29.2 Å². The van der Waals surface area contributed by atoms with Crippen molar-refractivity contribution in [2.45, 2.75) is 44.6 Å². The van der Waals surface area contributed by atoms with Gasteiger partial charge in [0.2, 0.25) is 0 Å². The Morgan fingerprint density at radius 3 is 2.79 bits per heavy atom. The largest absolute Gasteiger partial charge is 0.496 e. The fourth-order valence-electron chi connectivity index (χ4n) is 3.65. The average molecular weight is 328 g/mol. The minimum Gasteiger partial charge on any atom is -0.496 e. The number of rotatable bonds is 5. The number of nitrogens with two attached hydrogens (primary N) is 1. The third-order valence-corrected chi connectivity index (χ3v) is 5.07. The molecule has 0 amide bonds. The zero-order valence-electron chi connectivity index (χ0n) is 14.0. The van der Waals surface area contributed by atoms with Gasteiger partial charge in [0.25, 0.3) is 5.56 Å². The number of carbonyl (C=O) groups is 1. The van der Waals surface area contributed by atoms with Gasteiger partial charge in [0.05, 0.1) is 18.5 Å². The highest BCUT2D eigenvalue weighted by molar-refractivity contribution is 5.90. The lowest BCUT2D eigenvalue weighted by Crippen LogP contribution is -2.40. The number of hydrogen-bond donors (Lipinski definition) is 2. The first kappa shape index (κ1) is 16.7. The van der Waals surface area contributed by atoms with Gasteiger partial charge in [-0.3, -0.25) is 9.59 Å². The number of carbonyl (C=O) groups excluding carboxylic acids is 1. The van der Waals surface area contributed by atoms with Crippen molar-refractivity contribution in [2.75, 3.05) is 7.11 Å². The van der Waals surface area contributed by atoms with E-state index in [4.69, 9.17) is 10.5 Å². The van der Waals surface area contributed by atoms with Crippen LogP contribution in [0.1, 0.15) is 37.7 Å². The molecule has 0 aliphatic heterocycles. The fourth-order valence-corrected chi connectivity index (χ4v) is 3.65. The Kier molecular flexibility index (Phi) is 5.00. The molecule has 1 heterocycles. The Balaban J connectivity index is 1.85. The smallest absolute Gasteiger partial charge is 0.255 e. The predicted molar refractivity (Wildman–Crippen MR) is 94.4 cm³/mol. The monoisotopic (exact) mass is 328 g/mol. The van der Waals surface area contributed by atoms with Gasteiger partial charge in [0.1, 0.15) is 5.75 Å². The number of aromatic amines is 1. The lowest BCUT2D eigenvalue weighted by atomic mass is 9.81. The molecule has 1 atom stereocenters. The van der Waals surface area contributed by atoms with E-state index < -0.39 is 6.04 Å². The second-order valence-electron chi connectivity index (χ2n) is 6.63. The van der Waals surface area contributed by atoms with E-state index in [0.29, 0.717) is 17.1 Å². The van der Waals surface area contributed by atoms with E-state index in [9.17, 15) is 9.59 Å². The van der Waals surface area contributed by atoms with E-state index in [1.54, 1.807) is 19.4 Å². The number of benzene rings is 1. The summed E-state index contributed by atoms with van der Waals surface area (Å²) < 4.78 is 5.39. The number of hydrogen-bond acceptors (Lipinski definition) is 4. The Morgan fingerprint density at radius 2 is 2.08 bits per heavy atom. The number of ketones is 1. The molecule has 1 aliphatic carbocycles. The zero-order valence-corrected chi connectivity index (χ0v) is 14.0. The van der Waals surface area contributed by atoms with Crippen LogP contribution in [0, 0.1) is 5.92 Å². The van der Waals surface area contributed by atoms with E-state index in [0.717, 1.165) is 36.6 Å². The molecule has 2 aromatic rings. The Bertz CT molecular complexity index is 791. The Hall–Kier alpha value is -2.14. The van der Waals surface area contributed by atoms with Crippen molar-refractivity contribution in [3.63, 3.8) is 0 Å². The maximum absolute atomic E-state index is 12.6. The quantitative estimate of drug-likeness (QED) is 0.883. The molecule has 0 bridgehead atoms. The highest BCUT2D eigenvalue weighted by Crippen LogP contribution is 2.28. The minimum absolute atomic E-state index is 0.0457. The molecule has 5 heteroatoms. The van der Waals surface area contributed by atoms with Crippen molar-refractivity contribution in [3.05, 3.63) is 40.3 Å². The summed E-state index contributed by atoms with van der Waals surface area (Å²) in [6, 6.07) is 4.97. The van der Waals surface area contributed by atoms with Crippen LogP contribution in [-0.2, 0) is 11.2 Å². The molecule has 5 nitrogen and oxygen atoms in total. The number of fused-ring (bicyclic) bond motifs is 1. The topological polar surface area (TPSA) is 85.2 Å². The first-order chi connectivity index (χ1) is 11.6. The maximum atomic E-state index is 12.6. The van der Waals surface area contributed by atoms with Gasteiger partial charge in [-0.15, -0.1) is 0 Å². The molecule has 24 heavy (non-hydrogen) atoms. The average Bonchev–Trinajstić information content (AvgIpc) is 2.61. The number of Topliss-reactive ketones (excluding diaryl/α,β-unsaturated/α-hetero) is 1. The summed E-state index contributed by atoms with van der Waals surface area (Å²) in [5.74, 6) is 0.897. The van der Waals surface area contributed by atoms with Gasteiger partial charge in [-0.2, -0.15) is 0 Å². The molecule has 1 fully saturated rings. The molecule has 1 saturated carbocycles. The van der Waals surface area contributed by atoms with Crippen molar-refractivity contribution in [3.8, 4) is 5.75 Å². The summed E-state index contributed by atoms with van der Waals surface area (Å²) in [5, 5.41) is 1.36. The Labute approximate surface area is 141 Å². The number of pyridine rings is 1. The Morgan fingerprint density at radius 1 is 1.33 bits per heavy atom. The van der Waals surface area contributed by atoms with Gasteiger partial charge in [-0.25, -0.2) is 0 Å². The zero-order chi connectivity index (χ0) is 17.1. The molecule has 128 valence electrons. The number of H-pyrrole nitrogens is 1. The lowest BCUT2D eigenvalue weighted by molar-refractivity contribution is -0.121. The molecule has 3 rings (SSSR count). The van der Waals surface area contributed by atoms with Crippen molar-refractivity contribution >= 4 is 16.6 Å². The van der Waals surface area contributed by atoms with Crippen LogP contribution < -0.4 is 16.0 Å². The van der Waals surface area contributed by atoms with Crippen molar-refractivity contribution in [1.29, 1.82) is 0 Å². The van der Waals surface area contributed by atoms with Gasteiger partial charge in [0.15, 0.2) is 5.78 Å². The van der Waals surface area contributed by atoms with Gasteiger partial charge in [-0.1, -0.05) is 19.3 Å². The molecular weight excluding hydrogens is 304 g/mol. The van der Waals surface area contributed by atoms with E-state index >= 15 is 0 Å². The molecule has 3 N–H and O–H groups in total. The maximum Gasteiger partial charge on any atom is 0.255 e. The number of methoxy groups -OCH3 is 1. The van der Waals surface area contributed by atoms with Crippen LogP contribution in [0.5, 0.6) is 5.75 Å². The first-order valence-electron chi connectivity index (χ1n) is 8.56. The summed E-state index contributed by atoms with van der Waals surface area (Å²) >= 11 is 0. The first-order valence-corrected chi connectivity index (χ1v) is 8.56. The second kappa shape index (κ2) is 7.18. The van der Waals surface area contributed by atoms with Crippen LogP contribution >= 0.6 is 0 Å². The summed E-state index contributed by atoms with van der Waals surface area (Å²) in [4.78, 5) is 27.2. The van der Waals surface area contributed by atoms with E-state index in [2.05, 4.69) is 4.98 Å². The standard InChI is InChI=1S/C19H24N2O3/c1-24-17-11-15-13(7-8-21-19(15)23)9-14(17)10-16(22)18(20)12-5-3-2-4-6-12/h7-9,11-12,18H,2-6,10,20H2,1H3,(H,21,23)/t18-/m1/s1. The molecule has 0 radical (unpaired) electrons. The third-order valence-electron chi connectivity index (χ3n) is 5.07. The van der Waals surface area contributed by atoms with E-state index in [1.807, 2.05) is 12.1 Å². The van der Waals surface area contributed by atoms with Crippen molar-refractivity contribution < 1.29 is 9.53 Å². The number of ether oxygens (including phenoxy) is 1. The fraction of sp³-hybridized carbons (Fsp3) is 0.474. The van der Waals surface area contributed by atoms with Crippen LogP contribution in [0.3, 0.4) is 0 Å². The van der Waals surface area contributed by atoms with Gasteiger partial charge >= 0.3 is 0 Å². The van der Waals surface area contributed by atoms with Gasteiger partial charge in [-0.05, 0) is 42.3 Å². The van der Waals surface area contributed by atoms with Crippen LogP contribution in [0.4, 0.5) is 0 Å². The number of nitrogens with one attached hydrogen (secondary N) is 1. The summed E-state index contributed by atoms with van der Waals surface area (Å²) in [6.45, 7) is 0. The van der Waals surface area contributed by atoms with E-state index in [-0.39, 0.29) is 17.8 Å². The van der Waals surface area contributed by atoms with Gasteiger partial charge in [0, 0.05) is 18.2 Å². The molecule has 1 aromatic carbocycles. The van der Waals surface area contributed by atoms with Crippen LogP contribution in [0.25, 0.3) is 10.8 Å². The lowest BCUT2D eigenvalue weighted by Gasteiger charge is -2.26. The van der Waals surface area contributed by atoms with Crippen LogP contribution in [-0.4, -0.2) is 23.9 Å². The molecule has 0 unspecified atom stereocenters. The highest BCUT2D eigenvalue weighted by Gasteiger charge is 2.26. The summed E-state index contributed by atoms with van der Waals surface area (Å²) in [5.41, 5.74) is 6.84. The highest BCUT2D eigenvalue weighted by atomic mass is 16.5. The molecular formula is C19H24N2O3. The van der Waals surface area contributed by atoms with Crippen molar-refractivity contribution in [1.82, 2.24) is 4.98 Å². The summed E-state index contributed by atoms with van der Waals surface area (Å²) in [7, 11) is 1.55. The SMILES string of the molecule is COc1cc2c(=O)[nH]ccc2cc1CC(=O)[C@H](N)C1CCCCC1. The van der Waals surface area contributed by atoms with Crippen LogP contribution in [0.2, 0.25) is 0 Å². The van der Waals surface area contributed by atoms with E-state index in [1.165, 1.54) is 6.42 Å². The third kappa shape index (κ3) is 3.36. The number of aromatic nitrogens is 1. The molecule has 0 saturated heterocycles.